The van der Waals surface area contributed by atoms with Crippen molar-refractivity contribution in [3.05, 3.63) is 24.0 Å². The standard InChI is InChI=1S/C14H21N3O2S2/c1-10-6-3-2-4-7-11(10)17-21(18,19)12-8-5-9-16-13(12)14(15)20/h5,8-11,17H,2-4,6-7H2,1H3,(H2,15,20). The average Bonchev–Trinajstić information content (AvgIpc) is 2.64. The summed E-state index contributed by atoms with van der Waals surface area (Å²) in [7, 11) is -3.66. The molecule has 0 radical (unpaired) electrons. The second kappa shape index (κ2) is 6.81. The van der Waals surface area contributed by atoms with E-state index in [1.165, 1.54) is 12.3 Å². The first-order valence-electron chi connectivity index (χ1n) is 7.19. The highest BCUT2D eigenvalue weighted by Crippen LogP contribution is 2.25. The molecule has 1 fully saturated rings. The molecule has 116 valence electrons. The van der Waals surface area contributed by atoms with Gasteiger partial charge >= 0.3 is 0 Å². The molecule has 1 aliphatic rings. The molecule has 0 saturated heterocycles. The number of pyridine rings is 1. The molecule has 2 unspecified atom stereocenters. The minimum atomic E-state index is -3.66. The molecule has 0 bridgehead atoms. The minimum Gasteiger partial charge on any atom is -0.388 e. The Hall–Kier alpha value is -1.05. The maximum atomic E-state index is 12.6. The zero-order chi connectivity index (χ0) is 15.5. The molecular weight excluding hydrogens is 306 g/mol. The van der Waals surface area contributed by atoms with E-state index in [2.05, 4.69) is 16.6 Å². The third-order valence-corrected chi connectivity index (χ3v) is 5.68. The van der Waals surface area contributed by atoms with E-state index < -0.39 is 10.0 Å². The van der Waals surface area contributed by atoms with Crippen LogP contribution in [0.3, 0.4) is 0 Å². The number of sulfonamides is 1. The number of aromatic nitrogens is 1. The summed E-state index contributed by atoms with van der Waals surface area (Å²) in [6.45, 7) is 2.09. The van der Waals surface area contributed by atoms with Gasteiger partial charge in [0.15, 0.2) is 0 Å². The third kappa shape index (κ3) is 3.99. The van der Waals surface area contributed by atoms with Gasteiger partial charge in [-0.25, -0.2) is 13.1 Å². The van der Waals surface area contributed by atoms with E-state index in [0.717, 1.165) is 32.1 Å². The van der Waals surface area contributed by atoms with Crippen LogP contribution in [0.5, 0.6) is 0 Å². The van der Waals surface area contributed by atoms with Crippen LogP contribution in [0.2, 0.25) is 0 Å². The maximum Gasteiger partial charge on any atom is 0.243 e. The highest BCUT2D eigenvalue weighted by atomic mass is 32.2. The number of thiocarbonyl (C=S) groups is 1. The Morgan fingerprint density at radius 1 is 1.38 bits per heavy atom. The largest absolute Gasteiger partial charge is 0.388 e. The molecule has 1 heterocycles. The van der Waals surface area contributed by atoms with Crippen LogP contribution in [0.25, 0.3) is 0 Å². The van der Waals surface area contributed by atoms with E-state index in [0.29, 0.717) is 5.92 Å². The summed E-state index contributed by atoms with van der Waals surface area (Å²) in [6, 6.07) is 3.02. The van der Waals surface area contributed by atoms with Crippen molar-refractivity contribution in [2.24, 2.45) is 11.7 Å². The molecular formula is C14H21N3O2S2. The monoisotopic (exact) mass is 327 g/mol. The summed E-state index contributed by atoms with van der Waals surface area (Å²) in [4.78, 5) is 4.04. The predicted octanol–water partition coefficient (Wildman–Crippen LogP) is 1.96. The van der Waals surface area contributed by atoms with Crippen LogP contribution in [-0.4, -0.2) is 24.4 Å². The first-order valence-corrected chi connectivity index (χ1v) is 9.08. The topological polar surface area (TPSA) is 85.1 Å². The van der Waals surface area contributed by atoms with E-state index in [9.17, 15) is 8.42 Å². The van der Waals surface area contributed by atoms with Gasteiger partial charge in [-0.05, 0) is 30.9 Å². The zero-order valence-corrected chi connectivity index (χ0v) is 13.7. The van der Waals surface area contributed by atoms with Crippen LogP contribution < -0.4 is 10.5 Å². The van der Waals surface area contributed by atoms with Gasteiger partial charge in [0.05, 0.1) is 0 Å². The van der Waals surface area contributed by atoms with E-state index in [-0.39, 0.29) is 21.6 Å². The molecule has 1 aromatic heterocycles. The van der Waals surface area contributed by atoms with Crippen molar-refractivity contribution in [2.45, 2.75) is 50.0 Å². The normalized spacial score (nSPS) is 23.5. The lowest BCUT2D eigenvalue weighted by Crippen LogP contribution is -2.39. The molecule has 0 aromatic carbocycles. The van der Waals surface area contributed by atoms with Crippen molar-refractivity contribution in [3.63, 3.8) is 0 Å². The molecule has 2 rings (SSSR count). The Balaban J connectivity index is 2.28. The van der Waals surface area contributed by atoms with Crippen LogP contribution in [0.1, 0.15) is 44.7 Å². The van der Waals surface area contributed by atoms with Crippen LogP contribution >= 0.6 is 12.2 Å². The second-order valence-corrected chi connectivity index (χ2v) is 7.68. The summed E-state index contributed by atoms with van der Waals surface area (Å²) < 4.78 is 28.0. The fraction of sp³-hybridized carbons (Fsp3) is 0.571. The summed E-state index contributed by atoms with van der Waals surface area (Å²) >= 11 is 4.89. The van der Waals surface area contributed by atoms with E-state index in [1.54, 1.807) is 6.07 Å². The van der Waals surface area contributed by atoms with Crippen molar-refractivity contribution < 1.29 is 8.42 Å². The maximum absolute atomic E-state index is 12.6. The van der Waals surface area contributed by atoms with Gasteiger partial charge in [0.25, 0.3) is 0 Å². The van der Waals surface area contributed by atoms with Crippen molar-refractivity contribution in [1.82, 2.24) is 9.71 Å². The van der Waals surface area contributed by atoms with Crippen molar-refractivity contribution >= 4 is 27.2 Å². The Labute approximate surface area is 131 Å². The van der Waals surface area contributed by atoms with Gasteiger partial charge in [-0.15, -0.1) is 0 Å². The molecule has 21 heavy (non-hydrogen) atoms. The molecule has 0 aliphatic heterocycles. The molecule has 1 aliphatic carbocycles. The third-order valence-electron chi connectivity index (χ3n) is 3.96. The molecule has 1 aromatic rings. The molecule has 1 saturated carbocycles. The lowest BCUT2D eigenvalue weighted by molar-refractivity contribution is 0.399. The SMILES string of the molecule is CC1CCCCCC1NS(=O)(=O)c1cccnc1C(N)=S. The number of hydrogen-bond acceptors (Lipinski definition) is 4. The Kier molecular flexibility index (Phi) is 5.29. The number of hydrogen-bond donors (Lipinski definition) is 2. The van der Waals surface area contributed by atoms with Crippen molar-refractivity contribution in [3.8, 4) is 0 Å². The molecule has 3 N–H and O–H groups in total. The molecule has 0 spiro atoms. The first-order chi connectivity index (χ1) is 9.92. The fourth-order valence-electron chi connectivity index (χ4n) is 2.72. The number of nitrogens with two attached hydrogens (primary N) is 1. The highest BCUT2D eigenvalue weighted by molar-refractivity contribution is 7.89. The van der Waals surface area contributed by atoms with Gasteiger partial charge in [0, 0.05) is 12.2 Å². The molecule has 2 atom stereocenters. The Morgan fingerprint density at radius 2 is 2.10 bits per heavy atom. The lowest BCUT2D eigenvalue weighted by Gasteiger charge is -2.23. The summed E-state index contributed by atoms with van der Waals surface area (Å²) in [5.74, 6) is 0.326. The van der Waals surface area contributed by atoms with Crippen LogP contribution in [-0.2, 0) is 10.0 Å². The summed E-state index contributed by atoms with van der Waals surface area (Å²) in [5, 5.41) is 0. The molecule has 0 amide bonds. The van der Waals surface area contributed by atoms with Gasteiger partial charge in [-0.2, -0.15) is 0 Å². The van der Waals surface area contributed by atoms with Crippen molar-refractivity contribution in [1.29, 1.82) is 0 Å². The van der Waals surface area contributed by atoms with Crippen LogP contribution in [0, 0.1) is 5.92 Å². The second-order valence-electron chi connectivity index (χ2n) is 5.56. The van der Waals surface area contributed by atoms with Crippen LogP contribution in [0.4, 0.5) is 0 Å². The van der Waals surface area contributed by atoms with Gasteiger partial charge in [0.2, 0.25) is 10.0 Å². The van der Waals surface area contributed by atoms with E-state index in [4.69, 9.17) is 18.0 Å². The van der Waals surface area contributed by atoms with Crippen LogP contribution in [0.15, 0.2) is 23.2 Å². The summed E-state index contributed by atoms with van der Waals surface area (Å²) in [5.41, 5.74) is 5.73. The number of nitrogens with one attached hydrogen (secondary N) is 1. The Bertz CT molecular complexity index is 616. The number of rotatable bonds is 4. The average molecular weight is 327 g/mol. The molecule has 7 heteroatoms. The Morgan fingerprint density at radius 3 is 2.81 bits per heavy atom. The van der Waals surface area contributed by atoms with Gasteiger partial charge < -0.3 is 5.73 Å². The fourth-order valence-corrected chi connectivity index (χ4v) is 4.50. The minimum absolute atomic E-state index is 0.00936. The van der Waals surface area contributed by atoms with Gasteiger partial charge in [-0.3, -0.25) is 4.98 Å². The zero-order valence-electron chi connectivity index (χ0n) is 12.1. The number of nitrogens with zero attached hydrogens (tertiary/aromatic N) is 1. The van der Waals surface area contributed by atoms with Crippen molar-refractivity contribution in [2.75, 3.05) is 0 Å². The van der Waals surface area contributed by atoms with E-state index >= 15 is 0 Å². The van der Waals surface area contributed by atoms with E-state index in [1.807, 2.05) is 0 Å². The molecule has 5 nitrogen and oxygen atoms in total. The van der Waals surface area contributed by atoms with Gasteiger partial charge in [0.1, 0.15) is 15.6 Å². The highest BCUT2D eigenvalue weighted by Gasteiger charge is 2.28. The lowest BCUT2D eigenvalue weighted by atomic mass is 9.98. The van der Waals surface area contributed by atoms with Gasteiger partial charge in [-0.1, -0.05) is 38.4 Å². The smallest absolute Gasteiger partial charge is 0.243 e. The summed E-state index contributed by atoms with van der Waals surface area (Å²) in [6.07, 6.45) is 6.76. The quantitative estimate of drug-likeness (QED) is 0.652. The predicted molar refractivity (Wildman–Crippen MR) is 86.5 cm³/mol. The first kappa shape index (κ1) is 16.3.